The third-order valence-corrected chi connectivity index (χ3v) is 3.41. The molecule has 0 aromatic rings. The quantitative estimate of drug-likeness (QED) is 0.698. The standard InChI is InChI=1S/C14H28N2/c1-5-14-8-6-7-9-16(14)11-13(4)10-15-12(2)3/h12,14-15H,4-11H2,1-3H3. The minimum absolute atomic E-state index is 0.556. The lowest BCUT2D eigenvalue weighted by Crippen LogP contribution is -2.41. The van der Waals surface area contributed by atoms with Gasteiger partial charge in [0.2, 0.25) is 0 Å². The summed E-state index contributed by atoms with van der Waals surface area (Å²) in [7, 11) is 0. The highest BCUT2D eigenvalue weighted by molar-refractivity contribution is 5.01. The van der Waals surface area contributed by atoms with Crippen LogP contribution in [0.15, 0.2) is 12.2 Å². The summed E-state index contributed by atoms with van der Waals surface area (Å²) in [5, 5.41) is 3.44. The van der Waals surface area contributed by atoms with Crippen molar-refractivity contribution in [2.45, 2.75) is 58.5 Å². The summed E-state index contributed by atoms with van der Waals surface area (Å²) in [4.78, 5) is 2.62. The summed E-state index contributed by atoms with van der Waals surface area (Å²) in [6, 6.07) is 1.35. The monoisotopic (exact) mass is 224 g/mol. The smallest absolute Gasteiger partial charge is 0.0205 e. The molecule has 94 valence electrons. The summed E-state index contributed by atoms with van der Waals surface area (Å²) in [6.45, 7) is 14.2. The van der Waals surface area contributed by atoms with Gasteiger partial charge in [-0.25, -0.2) is 0 Å². The molecule has 0 radical (unpaired) electrons. The van der Waals surface area contributed by atoms with E-state index in [0.717, 1.165) is 19.1 Å². The second-order valence-electron chi connectivity index (χ2n) is 5.31. The van der Waals surface area contributed by atoms with Crippen molar-refractivity contribution in [3.63, 3.8) is 0 Å². The number of nitrogens with one attached hydrogen (secondary N) is 1. The van der Waals surface area contributed by atoms with Crippen LogP contribution >= 0.6 is 0 Å². The van der Waals surface area contributed by atoms with Crippen LogP contribution in [0, 0.1) is 0 Å². The van der Waals surface area contributed by atoms with Crippen molar-refractivity contribution in [1.29, 1.82) is 0 Å². The molecular formula is C14H28N2. The van der Waals surface area contributed by atoms with Crippen LogP contribution in [-0.2, 0) is 0 Å². The zero-order valence-electron chi connectivity index (χ0n) is 11.3. The van der Waals surface area contributed by atoms with Crippen molar-refractivity contribution in [2.75, 3.05) is 19.6 Å². The first-order chi connectivity index (χ1) is 7.63. The van der Waals surface area contributed by atoms with Crippen LogP contribution in [0.25, 0.3) is 0 Å². The van der Waals surface area contributed by atoms with Crippen LogP contribution in [0.2, 0.25) is 0 Å². The highest BCUT2D eigenvalue weighted by Gasteiger charge is 2.20. The highest BCUT2D eigenvalue weighted by Crippen LogP contribution is 2.19. The first-order valence-corrected chi connectivity index (χ1v) is 6.77. The minimum atomic E-state index is 0.556. The number of hydrogen-bond acceptors (Lipinski definition) is 2. The van der Waals surface area contributed by atoms with E-state index in [9.17, 15) is 0 Å². The molecule has 1 aliphatic heterocycles. The molecule has 0 saturated carbocycles. The lowest BCUT2D eigenvalue weighted by Gasteiger charge is -2.35. The molecule has 1 atom stereocenters. The Morgan fingerprint density at radius 2 is 2.19 bits per heavy atom. The molecule has 0 aromatic heterocycles. The Labute approximate surface area is 101 Å². The van der Waals surface area contributed by atoms with E-state index >= 15 is 0 Å². The molecule has 0 aliphatic carbocycles. The number of nitrogens with zero attached hydrogens (tertiary/aromatic N) is 1. The number of likely N-dealkylation sites (tertiary alicyclic amines) is 1. The summed E-state index contributed by atoms with van der Waals surface area (Å²) in [5.41, 5.74) is 1.33. The van der Waals surface area contributed by atoms with Crippen LogP contribution in [0.5, 0.6) is 0 Å². The van der Waals surface area contributed by atoms with Crippen molar-refractivity contribution >= 4 is 0 Å². The molecule has 0 bridgehead atoms. The van der Waals surface area contributed by atoms with Crippen molar-refractivity contribution in [1.82, 2.24) is 10.2 Å². The lowest BCUT2D eigenvalue weighted by atomic mass is 9.99. The van der Waals surface area contributed by atoms with Crippen LogP contribution < -0.4 is 5.32 Å². The van der Waals surface area contributed by atoms with Crippen LogP contribution in [0.1, 0.15) is 46.5 Å². The first-order valence-electron chi connectivity index (χ1n) is 6.77. The fraction of sp³-hybridized carbons (Fsp3) is 0.857. The molecule has 0 amide bonds. The molecule has 1 aliphatic rings. The molecule has 1 rings (SSSR count). The van der Waals surface area contributed by atoms with Crippen LogP contribution in [0.3, 0.4) is 0 Å². The lowest BCUT2D eigenvalue weighted by molar-refractivity contribution is 0.156. The van der Waals surface area contributed by atoms with Crippen molar-refractivity contribution in [2.24, 2.45) is 0 Å². The predicted molar refractivity (Wildman–Crippen MR) is 71.8 cm³/mol. The molecule has 0 aromatic carbocycles. The second kappa shape index (κ2) is 7.08. The average Bonchev–Trinajstić information content (AvgIpc) is 2.27. The van der Waals surface area contributed by atoms with E-state index in [2.05, 4.69) is 37.6 Å². The first kappa shape index (κ1) is 13.7. The molecular weight excluding hydrogens is 196 g/mol. The van der Waals surface area contributed by atoms with Gasteiger partial charge in [-0.05, 0) is 31.4 Å². The van der Waals surface area contributed by atoms with Gasteiger partial charge in [-0.15, -0.1) is 0 Å². The maximum atomic E-state index is 4.19. The second-order valence-corrected chi connectivity index (χ2v) is 5.31. The van der Waals surface area contributed by atoms with Gasteiger partial charge in [-0.3, -0.25) is 4.90 Å². The van der Waals surface area contributed by atoms with E-state index in [1.165, 1.54) is 37.8 Å². The zero-order valence-corrected chi connectivity index (χ0v) is 11.3. The van der Waals surface area contributed by atoms with E-state index in [1.807, 2.05) is 0 Å². The molecule has 2 nitrogen and oxygen atoms in total. The Morgan fingerprint density at radius 3 is 2.81 bits per heavy atom. The summed E-state index contributed by atoms with van der Waals surface area (Å²) in [6.07, 6.45) is 5.43. The Hall–Kier alpha value is -0.340. The molecule has 1 N–H and O–H groups in total. The van der Waals surface area contributed by atoms with Gasteiger partial charge in [0.15, 0.2) is 0 Å². The van der Waals surface area contributed by atoms with E-state index in [0.29, 0.717) is 6.04 Å². The fourth-order valence-electron chi connectivity index (χ4n) is 2.42. The van der Waals surface area contributed by atoms with Gasteiger partial charge >= 0.3 is 0 Å². The van der Waals surface area contributed by atoms with E-state index < -0.39 is 0 Å². The third kappa shape index (κ3) is 4.67. The van der Waals surface area contributed by atoms with Gasteiger partial charge in [0.25, 0.3) is 0 Å². The fourth-order valence-corrected chi connectivity index (χ4v) is 2.42. The molecule has 1 fully saturated rings. The molecule has 1 unspecified atom stereocenters. The van der Waals surface area contributed by atoms with Crippen molar-refractivity contribution < 1.29 is 0 Å². The SMILES string of the molecule is C=C(CNC(C)C)CN1CCCCC1CC. The predicted octanol–water partition coefficient (Wildman–Crippen LogP) is 2.81. The van der Waals surface area contributed by atoms with Crippen molar-refractivity contribution in [3.05, 3.63) is 12.2 Å². The largest absolute Gasteiger partial charge is 0.311 e. The van der Waals surface area contributed by atoms with Crippen molar-refractivity contribution in [3.8, 4) is 0 Å². The average molecular weight is 224 g/mol. The van der Waals surface area contributed by atoms with Gasteiger partial charge in [-0.2, -0.15) is 0 Å². The van der Waals surface area contributed by atoms with Crippen LogP contribution in [0.4, 0.5) is 0 Å². The number of piperidine rings is 1. The molecule has 2 heteroatoms. The maximum absolute atomic E-state index is 4.19. The van der Waals surface area contributed by atoms with E-state index in [-0.39, 0.29) is 0 Å². The Bertz CT molecular complexity index is 211. The Morgan fingerprint density at radius 1 is 1.44 bits per heavy atom. The molecule has 1 heterocycles. The summed E-state index contributed by atoms with van der Waals surface area (Å²) < 4.78 is 0. The van der Waals surface area contributed by atoms with Gasteiger partial charge in [0.1, 0.15) is 0 Å². The third-order valence-electron chi connectivity index (χ3n) is 3.41. The highest BCUT2D eigenvalue weighted by atomic mass is 15.2. The molecule has 0 spiro atoms. The molecule has 16 heavy (non-hydrogen) atoms. The van der Waals surface area contributed by atoms with E-state index in [1.54, 1.807) is 0 Å². The number of rotatable bonds is 6. The normalized spacial score (nSPS) is 22.6. The van der Waals surface area contributed by atoms with Gasteiger partial charge in [-0.1, -0.05) is 33.8 Å². The zero-order chi connectivity index (χ0) is 12.0. The van der Waals surface area contributed by atoms with Crippen LogP contribution in [-0.4, -0.2) is 36.6 Å². The van der Waals surface area contributed by atoms with Gasteiger partial charge in [0.05, 0.1) is 0 Å². The summed E-state index contributed by atoms with van der Waals surface area (Å²) in [5.74, 6) is 0. The Balaban J connectivity index is 2.30. The maximum Gasteiger partial charge on any atom is 0.0205 e. The molecule has 1 saturated heterocycles. The van der Waals surface area contributed by atoms with E-state index in [4.69, 9.17) is 0 Å². The Kier molecular flexibility index (Phi) is 6.07. The minimum Gasteiger partial charge on any atom is -0.311 e. The van der Waals surface area contributed by atoms with Gasteiger partial charge in [0, 0.05) is 25.2 Å². The van der Waals surface area contributed by atoms with Gasteiger partial charge < -0.3 is 5.32 Å². The topological polar surface area (TPSA) is 15.3 Å². The summed E-state index contributed by atoms with van der Waals surface area (Å²) >= 11 is 0. The number of hydrogen-bond donors (Lipinski definition) is 1.